The molecule has 0 rings (SSSR count). The number of unbranched alkanes of at least 4 members (excludes halogenated alkanes) is 9. The highest BCUT2D eigenvalue weighted by atomic mass is 79.9. The second-order valence-electron chi connectivity index (χ2n) is 4.39. The zero-order chi connectivity index (χ0) is 12.1. The van der Waals surface area contributed by atoms with Gasteiger partial charge in [-0.05, 0) is 6.42 Å². The second-order valence-corrected chi connectivity index (χ2v) is 5.53. The summed E-state index contributed by atoms with van der Waals surface area (Å²) in [6.07, 6.45) is 13.7. The number of hydrogen-bond acceptors (Lipinski definition) is 2. The minimum atomic E-state index is 0. The summed E-state index contributed by atoms with van der Waals surface area (Å²) in [5.41, 5.74) is 5.26. The summed E-state index contributed by atoms with van der Waals surface area (Å²) in [6.45, 7) is 2.26. The van der Waals surface area contributed by atoms with Crippen LogP contribution in [0.1, 0.15) is 71.1 Å². The fourth-order valence-corrected chi connectivity index (χ4v) is 2.34. The van der Waals surface area contributed by atoms with Gasteiger partial charge in [0.2, 0.25) is 0 Å². The van der Waals surface area contributed by atoms with Crippen molar-refractivity contribution >= 4 is 33.9 Å². The van der Waals surface area contributed by atoms with Gasteiger partial charge in [0.1, 0.15) is 0 Å². The standard InChI is InChI=1S/C13H28N2S.BrH/c1-2-3-4-5-6-7-8-9-10-11-12-16-13(14)15;/h2-12H2,1H3,(H3,14,15);1H. The molecule has 2 nitrogen and oxygen atoms in total. The first-order valence-corrected chi connectivity index (χ1v) is 7.72. The summed E-state index contributed by atoms with van der Waals surface area (Å²) in [6, 6.07) is 0. The lowest BCUT2D eigenvalue weighted by Crippen LogP contribution is -2.04. The summed E-state index contributed by atoms with van der Waals surface area (Å²) >= 11 is 1.47. The van der Waals surface area contributed by atoms with Gasteiger partial charge < -0.3 is 5.73 Å². The van der Waals surface area contributed by atoms with Crippen molar-refractivity contribution in [1.29, 1.82) is 5.41 Å². The minimum Gasteiger partial charge on any atom is -0.379 e. The largest absolute Gasteiger partial charge is 0.379 e. The monoisotopic (exact) mass is 324 g/mol. The molecular weight excluding hydrogens is 296 g/mol. The molecule has 0 spiro atoms. The van der Waals surface area contributed by atoms with Crippen molar-refractivity contribution in [3.8, 4) is 0 Å². The van der Waals surface area contributed by atoms with E-state index >= 15 is 0 Å². The van der Waals surface area contributed by atoms with Gasteiger partial charge in [0, 0.05) is 5.75 Å². The number of hydrogen-bond donors (Lipinski definition) is 2. The molecule has 0 heterocycles. The highest BCUT2D eigenvalue weighted by Crippen LogP contribution is 2.11. The predicted molar refractivity (Wildman–Crippen MR) is 86.5 cm³/mol. The van der Waals surface area contributed by atoms with Gasteiger partial charge in [-0.2, -0.15) is 0 Å². The van der Waals surface area contributed by atoms with E-state index in [1.807, 2.05) is 0 Å². The molecule has 0 saturated carbocycles. The zero-order valence-electron chi connectivity index (χ0n) is 11.2. The van der Waals surface area contributed by atoms with Crippen LogP contribution in [-0.4, -0.2) is 10.9 Å². The maximum absolute atomic E-state index is 7.06. The van der Waals surface area contributed by atoms with E-state index in [4.69, 9.17) is 11.1 Å². The van der Waals surface area contributed by atoms with Gasteiger partial charge in [-0.1, -0.05) is 76.5 Å². The fourth-order valence-electron chi connectivity index (χ4n) is 1.77. The zero-order valence-corrected chi connectivity index (χ0v) is 13.7. The molecule has 104 valence electrons. The van der Waals surface area contributed by atoms with E-state index in [0.717, 1.165) is 5.75 Å². The minimum absolute atomic E-state index is 0. The second kappa shape index (κ2) is 16.3. The van der Waals surface area contributed by atoms with Crippen LogP contribution in [0.5, 0.6) is 0 Å². The van der Waals surface area contributed by atoms with Crippen molar-refractivity contribution in [3.05, 3.63) is 0 Å². The lowest BCUT2D eigenvalue weighted by atomic mass is 10.1. The molecule has 0 bridgehead atoms. The Kier molecular flexibility index (Phi) is 18.8. The van der Waals surface area contributed by atoms with Gasteiger partial charge in [0.05, 0.1) is 0 Å². The van der Waals surface area contributed by atoms with E-state index in [1.54, 1.807) is 0 Å². The molecule has 0 aromatic carbocycles. The lowest BCUT2D eigenvalue weighted by Gasteiger charge is -2.02. The summed E-state index contributed by atoms with van der Waals surface area (Å²) in [4.78, 5) is 0. The van der Waals surface area contributed by atoms with Gasteiger partial charge in [-0.15, -0.1) is 17.0 Å². The maximum atomic E-state index is 7.06. The SMILES string of the molecule is Br.CCCCCCCCCCCCSC(=N)N. The first-order valence-electron chi connectivity index (χ1n) is 6.74. The van der Waals surface area contributed by atoms with E-state index in [9.17, 15) is 0 Å². The Hall–Kier alpha value is 0.300. The van der Waals surface area contributed by atoms with E-state index < -0.39 is 0 Å². The summed E-state index contributed by atoms with van der Waals surface area (Å²) in [7, 11) is 0. The van der Waals surface area contributed by atoms with E-state index in [1.165, 1.54) is 76.0 Å². The molecule has 4 heteroatoms. The summed E-state index contributed by atoms with van der Waals surface area (Å²) in [5, 5.41) is 7.32. The van der Waals surface area contributed by atoms with Gasteiger partial charge >= 0.3 is 0 Å². The third-order valence-corrected chi connectivity index (χ3v) is 3.56. The number of thioether (sulfide) groups is 1. The lowest BCUT2D eigenvalue weighted by molar-refractivity contribution is 0.563. The Bertz CT molecular complexity index is 165. The van der Waals surface area contributed by atoms with Crippen LogP contribution in [0, 0.1) is 5.41 Å². The number of rotatable bonds is 11. The molecule has 0 unspecified atom stereocenters. The van der Waals surface area contributed by atoms with E-state index in [-0.39, 0.29) is 22.1 Å². The molecule has 0 atom stereocenters. The third kappa shape index (κ3) is 18.8. The molecule has 0 aromatic heterocycles. The third-order valence-electron chi connectivity index (χ3n) is 2.76. The molecule has 0 amide bonds. The van der Waals surface area contributed by atoms with Crippen LogP contribution in [0.15, 0.2) is 0 Å². The molecule has 17 heavy (non-hydrogen) atoms. The van der Waals surface area contributed by atoms with Crippen molar-refractivity contribution in [2.45, 2.75) is 71.1 Å². The van der Waals surface area contributed by atoms with E-state index in [0.29, 0.717) is 0 Å². The Morgan fingerprint density at radius 1 is 0.882 bits per heavy atom. The summed E-state index contributed by atoms with van der Waals surface area (Å²) < 4.78 is 0. The molecule has 0 fully saturated rings. The molecular formula is C13H29BrN2S. The average Bonchev–Trinajstić information content (AvgIpc) is 2.25. The molecule has 0 aromatic rings. The summed E-state index contributed by atoms with van der Waals surface area (Å²) in [5.74, 6) is 1.02. The number of nitrogens with two attached hydrogens (primary N) is 1. The topological polar surface area (TPSA) is 49.9 Å². The van der Waals surface area contributed by atoms with Crippen LogP contribution in [0.25, 0.3) is 0 Å². The van der Waals surface area contributed by atoms with Crippen molar-refractivity contribution in [3.63, 3.8) is 0 Å². The average molecular weight is 325 g/mol. The highest BCUT2D eigenvalue weighted by molar-refractivity contribution is 8.93. The van der Waals surface area contributed by atoms with Crippen molar-refractivity contribution in [2.24, 2.45) is 5.73 Å². The van der Waals surface area contributed by atoms with Crippen LogP contribution in [-0.2, 0) is 0 Å². The van der Waals surface area contributed by atoms with Gasteiger partial charge in [-0.3, -0.25) is 5.41 Å². The maximum Gasteiger partial charge on any atom is 0.151 e. The van der Waals surface area contributed by atoms with Gasteiger partial charge in [0.15, 0.2) is 5.17 Å². The molecule has 0 aliphatic rings. The Morgan fingerprint density at radius 3 is 1.71 bits per heavy atom. The fraction of sp³-hybridized carbons (Fsp3) is 0.923. The number of amidine groups is 1. The number of halogens is 1. The van der Waals surface area contributed by atoms with Crippen LogP contribution in [0.2, 0.25) is 0 Å². The van der Waals surface area contributed by atoms with Crippen LogP contribution in [0.4, 0.5) is 0 Å². The quantitative estimate of drug-likeness (QED) is 0.315. The van der Waals surface area contributed by atoms with Crippen molar-refractivity contribution in [1.82, 2.24) is 0 Å². The first kappa shape index (κ1) is 19.6. The molecule has 0 radical (unpaired) electrons. The Balaban J connectivity index is 0. The number of nitrogens with one attached hydrogen (secondary N) is 1. The van der Waals surface area contributed by atoms with Crippen LogP contribution < -0.4 is 5.73 Å². The van der Waals surface area contributed by atoms with E-state index in [2.05, 4.69) is 6.92 Å². The van der Waals surface area contributed by atoms with Gasteiger partial charge in [0.25, 0.3) is 0 Å². The van der Waals surface area contributed by atoms with Crippen LogP contribution in [0.3, 0.4) is 0 Å². The Morgan fingerprint density at radius 2 is 1.29 bits per heavy atom. The molecule has 0 aliphatic carbocycles. The smallest absolute Gasteiger partial charge is 0.151 e. The predicted octanol–water partition coefficient (Wildman–Crippen LogP) is 5.11. The highest BCUT2D eigenvalue weighted by Gasteiger charge is 1.94. The van der Waals surface area contributed by atoms with Crippen LogP contribution >= 0.6 is 28.7 Å². The van der Waals surface area contributed by atoms with Crippen molar-refractivity contribution < 1.29 is 0 Å². The molecule has 3 N–H and O–H groups in total. The van der Waals surface area contributed by atoms with Crippen molar-refractivity contribution in [2.75, 3.05) is 5.75 Å². The molecule has 0 saturated heterocycles. The molecule has 0 aliphatic heterocycles. The first-order chi connectivity index (χ1) is 7.77. The normalized spacial score (nSPS) is 9.94. The van der Waals surface area contributed by atoms with Gasteiger partial charge in [-0.25, -0.2) is 0 Å². The Labute approximate surface area is 122 Å².